The summed E-state index contributed by atoms with van der Waals surface area (Å²) in [5.41, 5.74) is 5.69. The van der Waals surface area contributed by atoms with Gasteiger partial charge in [-0.1, -0.05) is 72.6 Å². The van der Waals surface area contributed by atoms with Crippen molar-refractivity contribution in [1.29, 1.82) is 0 Å². The van der Waals surface area contributed by atoms with E-state index in [-0.39, 0.29) is 0 Å². The standard InChI is InChI=1S/C27H28ClNO3/c1-19-22(10-7-11-23(19)21-8-3-2-4-9-21)18-32-26-14-13-20(16-24(26)28)17-29-15-6-5-12-25(29)27(30)31/h2-4,7-11,13-14,16,25H,5-6,12,15,17-18H2,1H3,(H,30,31). The minimum atomic E-state index is -0.746. The molecule has 3 aromatic rings. The molecule has 32 heavy (non-hydrogen) atoms. The Morgan fingerprint density at radius 2 is 1.91 bits per heavy atom. The number of aliphatic carboxylic acids is 1. The lowest BCUT2D eigenvalue weighted by atomic mass is 9.97. The van der Waals surface area contributed by atoms with E-state index in [1.807, 2.05) is 41.3 Å². The maximum Gasteiger partial charge on any atom is 0.320 e. The average Bonchev–Trinajstić information content (AvgIpc) is 2.80. The molecule has 0 radical (unpaired) electrons. The molecule has 1 unspecified atom stereocenters. The lowest BCUT2D eigenvalue weighted by molar-refractivity contribution is -0.144. The van der Waals surface area contributed by atoms with Gasteiger partial charge in [0, 0.05) is 6.54 Å². The fourth-order valence-electron chi connectivity index (χ4n) is 4.38. The number of likely N-dealkylation sites (tertiary alicyclic amines) is 1. The summed E-state index contributed by atoms with van der Waals surface area (Å²) in [7, 11) is 0. The highest BCUT2D eigenvalue weighted by atomic mass is 35.5. The maximum atomic E-state index is 11.6. The zero-order valence-electron chi connectivity index (χ0n) is 18.3. The number of carbonyl (C=O) groups is 1. The summed E-state index contributed by atoms with van der Waals surface area (Å²) in [6.07, 6.45) is 2.69. The highest BCUT2D eigenvalue weighted by Gasteiger charge is 2.28. The van der Waals surface area contributed by atoms with E-state index in [1.165, 1.54) is 16.7 Å². The molecule has 4 rings (SSSR count). The predicted molar refractivity (Wildman–Crippen MR) is 128 cm³/mol. The van der Waals surface area contributed by atoms with Crippen molar-refractivity contribution in [3.8, 4) is 16.9 Å². The molecule has 1 atom stereocenters. The lowest BCUT2D eigenvalue weighted by Gasteiger charge is -2.32. The Hall–Kier alpha value is -2.82. The summed E-state index contributed by atoms with van der Waals surface area (Å²) in [5.74, 6) is -0.114. The van der Waals surface area contributed by atoms with Gasteiger partial charge in [-0.2, -0.15) is 0 Å². The average molecular weight is 450 g/mol. The van der Waals surface area contributed by atoms with Gasteiger partial charge in [-0.15, -0.1) is 0 Å². The summed E-state index contributed by atoms with van der Waals surface area (Å²) in [5, 5.41) is 10.0. The van der Waals surface area contributed by atoms with Crippen LogP contribution in [0.15, 0.2) is 66.7 Å². The van der Waals surface area contributed by atoms with Gasteiger partial charge >= 0.3 is 5.97 Å². The number of halogens is 1. The second-order valence-corrected chi connectivity index (χ2v) is 8.74. The number of carboxylic acids is 1. The highest BCUT2D eigenvalue weighted by molar-refractivity contribution is 6.32. The molecule has 1 aliphatic heterocycles. The van der Waals surface area contributed by atoms with Gasteiger partial charge in [0.05, 0.1) is 5.02 Å². The fourth-order valence-corrected chi connectivity index (χ4v) is 4.64. The highest BCUT2D eigenvalue weighted by Crippen LogP contribution is 2.30. The van der Waals surface area contributed by atoms with Gasteiger partial charge in [0.2, 0.25) is 0 Å². The van der Waals surface area contributed by atoms with Crippen LogP contribution in [-0.2, 0) is 17.9 Å². The third-order valence-electron chi connectivity index (χ3n) is 6.19. The Morgan fingerprint density at radius 1 is 1.09 bits per heavy atom. The molecule has 0 amide bonds. The Kier molecular flexibility index (Phi) is 7.13. The Morgan fingerprint density at radius 3 is 2.66 bits per heavy atom. The number of benzene rings is 3. The summed E-state index contributed by atoms with van der Waals surface area (Å²) in [6.45, 7) is 3.92. The van der Waals surface area contributed by atoms with Gasteiger partial charge in [0.25, 0.3) is 0 Å². The summed E-state index contributed by atoms with van der Waals surface area (Å²) >= 11 is 6.52. The lowest BCUT2D eigenvalue weighted by Crippen LogP contribution is -2.43. The van der Waals surface area contributed by atoms with Crippen LogP contribution >= 0.6 is 11.6 Å². The summed E-state index contributed by atoms with van der Waals surface area (Å²) in [6, 6.07) is 21.9. The van der Waals surface area contributed by atoms with Crippen molar-refractivity contribution in [3.63, 3.8) is 0 Å². The molecule has 1 aliphatic rings. The molecular formula is C27H28ClNO3. The van der Waals surface area contributed by atoms with Crippen LogP contribution < -0.4 is 4.74 Å². The topological polar surface area (TPSA) is 49.8 Å². The Balaban J connectivity index is 1.44. The number of ether oxygens (including phenoxy) is 1. The molecule has 0 spiro atoms. The van der Waals surface area contributed by atoms with Crippen LogP contribution in [0.1, 0.15) is 36.0 Å². The molecule has 166 valence electrons. The molecule has 0 aliphatic carbocycles. The first-order valence-electron chi connectivity index (χ1n) is 11.0. The molecule has 1 heterocycles. The van der Waals surface area contributed by atoms with Crippen LogP contribution in [0.25, 0.3) is 11.1 Å². The van der Waals surface area contributed by atoms with Crippen molar-refractivity contribution in [2.24, 2.45) is 0 Å². The number of piperidine rings is 1. The molecule has 1 saturated heterocycles. The third kappa shape index (κ3) is 5.14. The number of hydrogen-bond acceptors (Lipinski definition) is 3. The molecule has 3 aromatic carbocycles. The SMILES string of the molecule is Cc1c(COc2ccc(CN3CCCCC3C(=O)O)cc2Cl)cccc1-c1ccccc1. The van der Waals surface area contributed by atoms with Crippen molar-refractivity contribution in [3.05, 3.63) is 88.4 Å². The van der Waals surface area contributed by atoms with Crippen LogP contribution in [0.2, 0.25) is 5.02 Å². The number of rotatable bonds is 7. The van der Waals surface area contributed by atoms with E-state index in [1.54, 1.807) is 0 Å². The molecule has 0 bridgehead atoms. The first-order valence-corrected chi connectivity index (χ1v) is 11.4. The van der Waals surface area contributed by atoms with E-state index in [2.05, 4.69) is 37.3 Å². The molecule has 1 N–H and O–H groups in total. The van der Waals surface area contributed by atoms with E-state index in [4.69, 9.17) is 16.3 Å². The van der Waals surface area contributed by atoms with Crippen LogP contribution in [-0.4, -0.2) is 28.6 Å². The van der Waals surface area contributed by atoms with Crippen molar-refractivity contribution >= 4 is 17.6 Å². The first-order chi connectivity index (χ1) is 15.5. The first kappa shape index (κ1) is 22.4. The fraction of sp³-hybridized carbons (Fsp3) is 0.296. The number of nitrogens with zero attached hydrogens (tertiary/aromatic N) is 1. The smallest absolute Gasteiger partial charge is 0.320 e. The summed E-state index contributed by atoms with van der Waals surface area (Å²) in [4.78, 5) is 13.6. The van der Waals surface area contributed by atoms with Gasteiger partial charge < -0.3 is 9.84 Å². The quantitative estimate of drug-likeness (QED) is 0.457. The van der Waals surface area contributed by atoms with Gasteiger partial charge in [-0.05, 0) is 66.3 Å². The van der Waals surface area contributed by atoms with E-state index < -0.39 is 12.0 Å². The van der Waals surface area contributed by atoms with Crippen molar-refractivity contribution in [1.82, 2.24) is 4.90 Å². The van der Waals surface area contributed by atoms with Crippen LogP contribution in [0.4, 0.5) is 0 Å². The van der Waals surface area contributed by atoms with Crippen molar-refractivity contribution in [2.45, 2.75) is 45.4 Å². The normalized spacial score (nSPS) is 16.6. The van der Waals surface area contributed by atoms with E-state index >= 15 is 0 Å². The van der Waals surface area contributed by atoms with E-state index in [0.717, 1.165) is 30.5 Å². The molecule has 0 aromatic heterocycles. The van der Waals surface area contributed by atoms with Crippen LogP contribution in [0.3, 0.4) is 0 Å². The maximum absolute atomic E-state index is 11.6. The molecule has 0 saturated carbocycles. The largest absolute Gasteiger partial charge is 0.487 e. The second kappa shape index (κ2) is 10.2. The summed E-state index contributed by atoms with van der Waals surface area (Å²) < 4.78 is 6.06. The van der Waals surface area contributed by atoms with Gasteiger partial charge in [-0.25, -0.2) is 0 Å². The Bertz CT molecular complexity index is 1080. The van der Waals surface area contributed by atoms with Gasteiger partial charge in [0.1, 0.15) is 18.4 Å². The van der Waals surface area contributed by atoms with Crippen molar-refractivity contribution in [2.75, 3.05) is 6.54 Å². The minimum absolute atomic E-state index is 0.418. The Labute approximate surface area is 194 Å². The van der Waals surface area contributed by atoms with Crippen molar-refractivity contribution < 1.29 is 14.6 Å². The zero-order chi connectivity index (χ0) is 22.5. The molecule has 4 nitrogen and oxygen atoms in total. The minimum Gasteiger partial charge on any atom is -0.487 e. The van der Waals surface area contributed by atoms with E-state index in [0.29, 0.717) is 30.3 Å². The van der Waals surface area contributed by atoms with Crippen LogP contribution in [0.5, 0.6) is 5.75 Å². The van der Waals surface area contributed by atoms with Gasteiger partial charge in [0.15, 0.2) is 0 Å². The molecule has 5 heteroatoms. The molecule has 1 fully saturated rings. The zero-order valence-corrected chi connectivity index (χ0v) is 19.0. The van der Waals surface area contributed by atoms with Crippen LogP contribution in [0, 0.1) is 6.92 Å². The number of hydrogen-bond donors (Lipinski definition) is 1. The predicted octanol–water partition coefficient (Wildman–Crippen LogP) is 6.33. The number of carboxylic acid groups (broad SMARTS) is 1. The van der Waals surface area contributed by atoms with Gasteiger partial charge in [-0.3, -0.25) is 9.69 Å². The monoisotopic (exact) mass is 449 g/mol. The second-order valence-electron chi connectivity index (χ2n) is 8.33. The third-order valence-corrected chi connectivity index (χ3v) is 6.49. The molecular weight excluding hydrogens is 422 g/mol. The van der Waals surface area contributed by atoms with E-state index in [9.17, 15) is 9.90 Å².